The Morgan fingerprint density at radius 1 is 1.27 bits per heavy atom. The van der Waals surface area contributed by atoms with Gasteiger partial charge in [0.05, 0.1) is 18.6 Å². The molecule has 0 radical (unpaired) electrons. The SMILES string of the molecule is C=CCN(CC(=O)N1C(C)CCCC1C)S(=O)(=O)c1ccc(OC)cc1. The summed E-state index contributed by atoms with van der Waals surface area (Å²) in [5, 5.41) is 0. The third-order valence-electron chi connectivity index (χ3n) is 4.82. The van der Waals surface area contributed by atoms with Crippen molar-refractivity contribution >= 4 is 15.9 Å². The van der Waals surface area contributed by atoms with Crippen molar-refractivity contribution in [3.05, 3.63) is 36.9 Å². The molecule has 0 aromatic heterocycles. The van der Waals surface area contributed by atoms with Gasteiger partial charge in [0.25, 0.3) is 0 Å². The van der Waals surface area contributed by atoms with Crippen LogP contribution in [0.5, 0.6) is 5.75 Å². The second kappa shape index (κ2) is 8.68. The van der Waals surface area contributed by atoms with Crippen molar-refractivity contribution in [2.75, 3.05) is 20.2 Å². The summed E-state index contributed by atoms with van der Waals surface area (Å²) in [6, 6.07) is 6.41. The summed E-state index contributed by atoms with van der Waals surface area (Å²) in [6.45, 7) is 7.56. The van der Waals surface area contributed by atoms with Gasteiger partial charge in [-0.3, -0.25) is 4.79 Å². The number of amides is 1. The van der Waals surface area contributed by atoms with E-state index in [0.717, 1.165) is 19.3 Å². The number of methoxy groups -OCH3 is 1. The van der Waals surface area contributed by atoms with Crippen LogP contribution in [0.3, 0.4) is 0 Å². The topological polar surface area (TPSA) is 66.9 Å². The molecule has 1 aliphatic heterocycles. The number of sulfonamides is 1. The van der Waals surface area contributed by atoms with E-state index in [1.165, 1.54) is 29.6 Å². The zero-order valence-electron chi connectivity index (χ0n) is 15.7. The molecule has 0 aliphatic carbocycles. The molecule has 1 aromatic carbocycles. The fourth-order valence-corrected chi connectivity index (χ4v) is 4.79. The van der Waals surface area contributed by atoms with E-state index in [1.807, 2.05) is 18.7 Å². The van der Waals surface area contributed by atoms with E-state index in [1.54, 1.807) is 12.1 Å². The van der Waals surface area contributed by atoms with Crippen LogP contribution in [0, 0.1) is 0 Å². The summed E-state index contributed by atoms with van der Waals surface area (Å²) in [4.78, 5) is 14.8. The molecule has 1 saturated heterocycles. The maximum Gasteiger partial charge on any atom is 0.243 e. The Kier molecular flexibility index (Phi) is 6.83. The standard InChI is InChI=1S/C19H28N2O4S/c1-5-13-20(14-19(22)21-15(2)7-6-8-16(21)3)26(23,24)18-11-9-17(25-4)10-12-18/h5,9-12,15-16H,1,6-8,13-14H2,2-4H3. The minimum absolute atomic E-state index is 0.0801. The lowest BCUT2D eigenvalue weighted by Crippen LogP contribution is -2.51. The molecule has 144 valence electrons. The molecule has 0 N–H and O–H groups in total. The maximum atomic E-state index is 13.0. The van der Waals surface area contributed by atoms with E-state index in [-0.39, 0.29) is 36.0 Å². The molecule has 2 atom stereocenters. The van der Waals surface area contributed by atoms with Crippen molar-refractivity contribution in [1.82, 2.24) is 9.21 Å². The van der Waals surface area contributed by atoms with E-state index < -0.39 is 10.0 Å². The summed E-state index contributed by atoms with van der Waals surface area (Å²) in [5.41, 5.74) is 0. The highest BCUT2D eigenvalue weighted by molar-refractivity contribution is 7.89. The highest BCUT2D eigenvalue weighted by Gasteiger charge is 2.33. The van der Waals surface area contributed by atoms with Crippen LogP contribution >= 0.6 is 0 Å². The molecular weight excluding hydrogens is 352 g/mol. The number of piperidine rings is 1. The number of likely N-dealkylation sites (tertiary alicyclic amines) is 1. The smallest absolute Gasteiger partial charge is 0.243 e. The number of carbonyl (C=O) groups is 1. The summed E-state index contributed by atoms with van der Waals surface area (Å²) in [5.74, 6) is 0.412. The van der Waals surface area contributed by atoms with Gasteiger partial charge < -0.3 is 9.64 Å². The minimum atomic E-state index is -3.80. The first-order valence-corrected chi connectivity index (χ1v) is 10.3. The Morgan fingerprint density at radius 3 is 2.35 bits per heavy atom. The molecule has 1 amide bonds. The summed E-state index contributed by atoms with van der Waals surface area (Å²) >= 11 is 0. The summed E-state index contributed by atoms with van der Waals surface area (Å²) in [6.07, 6.45) is 4.48. The van der Waals surface area contributed by atoms with Gasteiger partial charge in [-0.05, 0) is 57.4 Å². The van der Waals surface area contributed by atoms with Crippen LogP contribution < -0.4 is 4.74 Å². The van der Waals surface area contributed by atoms with Gasteiger partial charge >= 0.3 is 0 Å². The van der Waals surface area contributed by atoms with Crippen LogP contribution in [-0.2, 0) is 14.8 Å². The van der Waals surface area contributed by atoms with Crippen LogP contribution in [-0.4, -0.2) is 55.8 Å². The first kappa shape index (κ1) is 20.5. The van der Waals surface area contributed by atoms with Crippen molar-refractivity contribution in [3.8, 4) is 5.75 Å². The largest absolute Gasteiger partial charge is 0.497 e. The Hall–Kier alpha value is -1.86. The number of carbonyl (C=O) groups excluding carboxylic acids is 1. The van der Waals surface area contributed by atoms with Crippen LogP contribution in [0.4, 0.5) is 0 Å². The fraction of sp³-hybridized carbons (Fsp3) is 0.526. The lowest BCUT2D eigenvalue weighted by Gasteiger charge is -2.40. The monoisotopic (exact) mass is 380 g/mol. The van der Waals surface area contributed by atoms with Gasteiger partial charge in [-0.1, -0.05) is 6.08 Å². The predicted molar refractivity (Wildman–Crippen MR) is 102 cm³/mol. The molecule has 0 saturated carbocycles. The molecule has 2 rings (SSSR count). The molecular formula is C19H28N2O4S. The molecule has 7 heteroatoms. The molecule has 26 heavy (non-hydrogen) atoms. The second-order valence-corrected chi connectivity index (χ2v) is 8.63. The summed E-state index contributed by atoms with van der Waals surface area (Å²) in [7, 11) is -2.28. The van der Waals surface area contributed by atoms with Crippen molar-refractivity contribution in [2.24, 2.45) is 0 Å². The van der Waals surface area contributed by atoms with Gasteiger partial charge in [0.1, 0.15) is 5.75 Å². The van der Waals surface area contributed by atoms with Crippen molar-refractivity contribution in [1.29, 1.82) is 0 Å². The normalized spacial score (nSPS) is 20.8. The molecule has 2 unspecified atom stereocenters. The number of benzene rings is 1. The Labute approximate surface area is 156 Å². The average Bonchev–Trinajstić information content (AvgIpc) is 2.61. The van der Waals surface area contributed by atoms with Crippen molar-refractivity contribution < 1.29 is 17.9 Å². The van der Waals surface area contributed by atoms with Gasteiger partial charge in [-0.15, -0.1) is 6.58 Å². The number of rotatable bonds is 7. The highest BCUT2D eigenvalue weighted by Crippen LogP contribution is 2.24. The molecule has 1 aliphatic rings. The zero-order chi connectivity index (χ0) is 19.3. The van der Waals surface area contributed by atoms with E-state index >= 15 is 0 Å². The summed E-state index contributed by atoms with van der Waals surface area (Å²) < 4.78 is 32.2. The van der Waals surface area contributed by atoms with E-state index in [0.29, 0.717) is 5.75 Å². The lowest BCUT2D eigenvalue weighted by molar-refractivity contribution is -0.137. The van der Waals surface area contributed by atoms with Crippen LogP contribution in [0.2, 0.25) is 0 Å². The Morgan fingerprint density at radius 2 is 1.85 bits per heavy atom. The van der Waals surface area contributed by atoms with E-state index in [9.17, 15) is 13.2 Å². The molecule has 1 fully saturated rings. The van der Waals surface area contributed by atoms with E-state index in [4.69, 9.17) is 4.74 Å². The first-order chi connectivity index (χ1) is 12.3. The van der Waals surface area contributed by atoms with Crippen molar-refractivity contribution in [2.45, 2.75) is 50.1 Å². The van der Waals surface area contributed by atoms with Gasteiger partial charge in [0.15, 0.2) is 0 Å². The zero-order valence-corrected chi connectivity index (χ0v) is 16.5. The molecule has 0 spiro atoms. The fourth-order valence-electron chi connectivity index (χ4n) is 3.43. The quantitative estimate of drug-likeness (QED) is 0.682. The van der Waals surface area contributed by atoms with Crippen LogP contribution in [0.15, 0.2) is 41.8 Å². The Balaban J connectivity index is 2.23. The second-order valence-electron chi connectivity index (χ2n) is 6.69. The van der Waals surface area contributed by atoms with Gasteiger partial charge in [0.2, 0.25) is 15.9 Å². The van der Waals surface area contributed by atoms with Crippen LogP contribution in [0.1, 0.15) is 33.1 Å². The number of hydrogen-bond donors (Lipinski definition) is 0. The van der Waals surface area contributed by atoms with Crippen LogP contribution in [0.25, 0.3) is 0 Å². The van der Waals surface area contributed by atoms with Gasteiger partial charge in [0, 0.05) is 18.6 Å². The van der Waals surface area contributed by atoms with Crippen molar-refractivity contribution in [3.63, 3.8) is 0 Å². The molecule has 0 bridgehead atoms. The Bertz CT molecular complexity index is 720. The first-order valence-electron chi connectivity index (χ1n) is 8.87. The molecule has 1 heterocycles. The highest BCUT2D eigenvalue weighted by atomic mass is 32.2. The van der Waals surface area contributed by atoms with E-state index in [2.05, 4.69) is 6.58 Å². The molecule has 6 nitrogen and oxygen atoms in total. The number of hydrogen-bond acceptors (Lipinski definition) is 4. The molecule has 1 aromatic rings. The third-order valence-corrected chi connectivity index (χ3v) is 6.65. The van der Waals surface area contributed by atoms with Gasteiger partial charge in [-0.2, -0.15) is 4.31 Å². The third kappa shape index (κ3) is 4.45. The minimum Gasteiger partial charge on any atom is -0.497 e. The average molecular weight is 381 g/mol. The maximum absolute atomic E-state index is 13.0. The van der Waals surface area contributed by atoms with Gasteiger partial charge in [-0.25, -0.2) is 8.42 Å². The number of ether oxygens (including phenoxy) is 1. The lowest BCUT2D eigenvalue weighted by atomic mass is 9.97. The number of nitrogens with zero attached hydrogens (tertiary/aromatic N) is 2. The predicted octanol–water partition coefficient (Wildman–Crippen LogP) is 2.66.